The van der Waals surface area contributed by atoms with Gasteiger partial charge in [-0.2, -0.15) is 16.8 Å². The number of aryl methyl sites for hydroxylation is 2. The van der Waals surface area contributed by atoms with Gasteiger partial charge < -0.3 is 0 Å². The molecule has 3 N–H and O–H groups in total. The second kappa shape index (κ2) is 7.99. The molecule has 0 atom stereocenters. The second-order valence-electron chi connectivity index (χ2n) is 7.80. The Balaban J connectivity index is 1.84. The lowest BCUT2D eigenvalue weighted by atomic mass is 10.0. The maximum absolute atomic E-state index is 11.9. The number of anilines is 2. The first kappa shape index (κ1) is 23.0. The van der Waals surface area contributed by atoms with Gasteiger partial charge in [0.05, 0.1) is 11.4 Å². The smallest absolute Gasteiger partial charge is 0.295 e. The van der Waals surface area contributed by atoms with Crippen molar-refractivity contribution in [1.29, 1.82) is 0 Å². The summed E-state index contributed by atoms with van der Waals surface area (Å²) in [6.07, 6.45) is 0. The molecular formula is C23H22N2O6S2. The number of benzene rings is 4. The third-order valence-corrected chi connectivity index (χ3v) is 7.44. The monoisotopic (exact) mass is 486 g/mol. The summed E-state index contributed by atoms with van der Waals surface area (Å²) in [4.78, 5) is -0.321. The lowest BCUT2D eigenvalue weighted by molar-refractivity contribution is 0.482. The molecule has 0 radical (unpaired) electrons. The molecule has 0 heterocycles. The van der Waals surface area contributed by atoms with Crippen LogP contribution >= 0.6 is 0 Å². The highest BCUT2D eigenvalue weighted by molar-refractivity contribution is 7.86. The third-order valence-electron chi connectivity index (χ3n) is 5.64. The van der Waals surface area contributed by atoms with E-state index in [0.29, 0.717) is 38.5 Å². The summed E-state index contributed by atoms with van der Waals surface area (Å²) in [5, 5.41) is 3.83. The highest BCUT2D eigenvalue weighted by atomic mass is 32.2. The number of hydrogen-bond donors (Lipinski definition) is 3. The Kier molecular flexibility index (Phi) is 5.57. The van der Waals surface area contributed by atoms with E-state index in [4.69, 9.17) is 0 Å². The van der Waals surface area contributed by atoms with Gasteiger partial charge in [0.25, 0.3) is 20.2 Å². The van der Waals surface area contributed by atoms with Gasteiger partial charge in [0.15, 0.2) is 0 Å². The van der Waals surface area contributed by atoms with Crippen LogP contribution in [0.25, 0.3) is 21.5 Å². The minimum absolute atomic E-state index is 0.160. The molecule has 0 amide bonds. The Morgan fingerprint density at radius 1 is 0.727 bits per heavy atom. The molecule has 0 saturated carbocycles. The average Bonchev–Trinajstić information content (AvgIpc) is 2.73. The van der Waals surface area contributed by atoms with Crippen molar-refractivity contribution in [1.82, 2.24) is 0 Å². The van der Waals surface area contributed by atoms with Crippen molar-refractivity contribution < 1.29 is 25.9 Å². The summed E-state index contributed by atoms with van der Waals surface area (Å²) < 4.78 is 66.5. The first-order valence-corrected chi connectivity index (χ1v) is 12.8. The Hall–Kier alpha value is -3.18. The lowest BCUT2D eigenvalue weighted by Gasteiger charge is -2.27. The van der Waals surface area contributed by atoms with Gasteiger partial charge in [-0.25, -0.2) is 0 Å². The van der Waals surface area contributed by atoms with E-state index in [2.05, 4.69) is 5.43 Å². The van der Waals surface area contributed by atoms with Gasteiger partial charge in [-0.05, 0) is 48.6 Å². The Bertz CT molecular complexity index is 1630. The van der Waals surface area contributed by atoms with Crippen LogP contribution in [0.15, 0.2) is 70.5 Å². The normalized spacial score (nSPS) is 12.3. The molecule has 4 aromatic carbocycles. The van der Waals surface area contributed by atoms with Gasteiger partial charge in [-0.15, -0.1) is 0 Å². The lowest BCUT2D eigenvalue weighted by Crippen LogP contribution is -2.26. The van der Waals surface area contributed by atoms with Crippen LogP contribution in [0.5, 0.6) is 0 Å². The fourth-order valence-electron chi connectivity index (χ4n) is 4.18. The van der Waals surface area contributed by atoms with Crippen LogP contribution in [0, 0.1) is 13.8 Å². The highest BCUT2D eigenvalue weighted by Gasteiger charge is 2.21. The molecular weight excluding hydrogens is 464 g/mol. The summed E-state index contributed by atoms with van der Waals surface area (Å²) in [6.45, 7) is 3.58. The summed E-state index contributed by atoms with van der Waals surface area (Å²) in [7, 11) is -7.00. The van der Waals surface area contributed by atoms with Crippen LogP contribution in [0.1, 0.15) is 11.1 Å². The fourth-order valence-corrected chi connectivity index (χ4v) is 5.67. The summed E-state index contributed by atoms with van der Waals surface area (Å²) in [5.74, 6) is 0. The topological polar surface area (TPSA) is 124 Å². The number of hydrogen-bond acceptors (Lipinski definition) is 6. The molecule has 4 rings (SSSR count). The first-order valence-electron chi connectivity index (χ1n) is 9.89. The highest BCUT2D eigenvalue weighted by Crippen LogP contribution is 2.36. The molecule has 0 saturated heterocycles. The molecule has 0 aliphatic carbocycles. The van der Waals surface area contributed by atoms with Crippen molar-refractivity contribution in [3.05, 3.63) is 71.8 Å². The van der Waals surface area contributed by atoms with E-state index in [9.17, 15) is 25.9 Å². The van der Waals surface area contributed by atoms with Crippen LogP contribution in [-0.2, 0) is 20.2 Å². The SMILES string of the molecule is Cc1cc(S(=O)(=O)O)c2ccccc2c1N(C)Nc1ccc2c(S(=O)(=O)O)cccc2c1C. The molecule has 172 valence electrons. The van der Waals surface area contributed by atoms with E-state index in [1.165, 1.54) is 12.1 Å². The van der Waals surface area contributed by atoms with E-state index in [0.717, 1.165) is 5.56 Å². The van der Waals surface area contributed by atoms with Gasteiger partial charge >= 0.3 is 0 Å². The van der Waals surface area contributed by atoms with Crippen LogP contribution in [0.2, 0.25) is 0 Å². The number of rotatable bonds is 5. The van der Waals surface area contributed by atoms with E-state index < -0.39 is 20.2 Å². The molecule has 0 bridgehead atoms. The van der Waals surface area contributed by atoms with Crippen LogP contribution in [0.3, 0.4) is 0 Å². The Morgan fingerprint density at radius 3 is 1.94 bits per heavy atom. The van der Waals surface area contributed by atoms with Gasteiger partial charge in [0, 0.05) is 23.2 Å². The minimum Gasteiger partial charge on any atom is -0.298 e. The largest absolute Gasteiger partial charge is 0.298 e. The maximum Gasteiger partial charge on any atom is 0.295 e. The summed E-state index contributed by atoms with van der Waals surface area (Å²) >= 11 is 0. The molecule has 0 spiro atoms. The van der Waals surface area contributed by atoms with Gasteiger partial charge in [0.1, 0.15) is 9.79 Å². The summed E-state index contributed by atoms with van der Waals surface area (Å²) in [5.41, 5.74) is 6.08. The Morgan fingerprint density at radius 2 is 1.30 bits per heavy atom. The zero-order valence-electron chi connectivity index (χ0n) is 18.1. The number of nitrogens with one attached hydrogen (secondary N) is 1. The fraction of sp³-hybridized carbons (Fsp3) is 0.130. The predicted molar refractivity (Wildman–Crippen MR) is 129 cm³/mol. The molecule has 4 aromatic rings. The standard InChI is InChI=1S/C23H22N2O6S2/c1-14-13-22(33(29,30)31)17-7-4-5-8-19(17)23(14)25(3)24-20-12-11-18-16(15(20)2)9-6-10-21(18)32(26,27)28/h4-13,24H,1-3H3,(H,26,27,28)(H,29,30,31). The zero-order valence-corrected chi connectivity index (χ0v) is 19.7. The van der Waals surface area contributed by atoms with Crippen LogP contribution < -0.4 is 10.4 Å². The van der Waals surface area contributed by atoms with E-state index >= 15 is 0 Å². The first-order chi connectivity index (χ1) is 15.4. The predicted octanol–water partition coefficient (Wildman–Crippen LogP) is 4.57. The van der Waals surface area contributed by atoms with Crippen molar-refractivity contribution in [2.75, 3.05) is 17.5 Å². The molecule has 0 unspecified atom stereocenters. The zero-order chi connectivity index (χ0) is 24.1. The van der Waals surface area contributed by atoms with E-state index in [-0.39, 0.29) is 9.79 Å². The molecule has 0 aliphatic heterocycles. The molecule has 8 nitrogen and oxygen atoms in total. The quantitative estimate of drug-likeness (QED) is 0.277. The molecule has 33 heavy (non-hydrogen) atoms. The maximum atomic E-state index is 11.9. The molecule has 0 aromatic heterocycles. The number of nitrogens with zero attached hydrogens (tertiary/aromatic N) is 1. The van der Waals surface area contributed by atoms with Crippen molar-refractivity contribution in [2.45, 2.75) is 23.6 Å². The van der Waals surface area contributed by atoms with E-state index in [1.54, 1.807) is 67.5 Å². The summed E-state index contributed by atoms with van der Waals surface area (Å²) in [6, 6.07) is 16.3. The van der Waals surface area contributed by atoms with Crippen LogP contribution in [-0.4, -0.2) is 33.0 Å². The molecule has 0 aliphatic rings. The second-order valence-corrected chi connectivity index (χ2v) is 10.6. The minimum atomic E-state index is -4.41. The van der Waals surface area contributed by atoms with Crippen molar-refractivity contribution in [2.24, 2.45) is 0 Å². The third kappa shape index (κ3) is 4.13. The average molecular weight is 487 g/mol. The molecule has 10 heteroatoms. The van der Waals surface area contributed by atoms with Gasteiger partial charge in [-0.3, -0.25) is 19.5 Å². The van der Waals surface area contributed by atoms with Crippen molar-refractivity contribution in [3.8, 4) is 0 Å². The van der Waals surface area contributed by atoms with Gasteiger partial charge in [0.2, 0.25) is 0 Å². The van der Waals surface area contributed by atoms with E-state index in [1.807, 2.05) is 6.92 Å². The van der Waals surface area contributed by atoms with Crippen molar-refractivity contribution in [3.63, 3.8) is 0 Å². The number of hydrazine groups is 1. The van der Waals surface area contributed by atoms with Crippen molar-refractivity contribution >= 4 is 53.2 Å². The Labute approximate surface area is 191 Å². The number of fused-ring (bicyclic) bond motifs is 2. The van der Waals surface area contributed by atoms with Gasteiger partial charge in [-0.1, -0.05) is 42.5 Å². The van der Waals surface area contributed by atoms with Crippen LogP contribution in [0.4, 0.5) is 11.4 Å². The molecule has 0 fully saturated rings.